The average molecular weight is 419 g/mol. The molecule has 0 fully saturated rings. The summed E-state index contributed by atoms with van der Waals surface area (Å²) in [4.78, 5) is 25.1. The molecule has 7 heteroatoms. The van der Waals surface area contributed by atoms with E-state index in [0.717, 1.165) is 17.1 Å². The van der Waals surface area contributed by atoms with Crippen LogP contribution in [0.15, 0.2) is 53.4 Å². The van der Waals surface area contributed by atoms with Gasteiger partial charge in [-0.2, -0.15) is 0 Å². The SMILES string of the molecule is CCOc1ccccc1C(=O)NCCCC(=O)NCCCSc1ccc(F)cc1. The molecule has 0 unspecified atom stereocenters. The minimum atomic E-state index is -0.240. The standard InChI is InChI=1S/C22H27FN2O3S/c1-2-28-20-8-4-3-7-19(20)22(27)25-14-5-9-21(26)24-15-6-16-29-18-12-10-17(23)11-13-18/h3-4,7-8,10-13H,2,5-6,9,14-16H2,1H3,(H,24,26)(H,25,27). The zero-order valence-corrected chi connectivity index (χ0v) is 17.4. The van der Waals surface area contributed by atoms with Crippen molar-refractivity contribution in [3.63, 3.8) is 0 Å². The molecular formula is C22H27FN2O3S. The van der Waals surface area contributed by atoms with E-state index in [-0.39, 0.29) is 17.6 Å². The average Bonchev–Trinajstić information content (AvgIpc) is 2.73. The number of amides is 2. The van der Waals surface area contributed by atoms with Crippen LogP contribution in [-0.2, 0) is 4.79 Å². The maximum atomic E-state index is 12.8. The van der Waals surface area contributed by atoms with Crippen LogP contribution in [0.4, 0.5) is 4.39 Å². The van der Waals surface area contributed by atoms with E-state index in [1.165, 1.54) is 12.1 Å². The lowest BCUT2D eigenvalue weighted by molar-refractivity contribution is -0.121. The molecule has 0 bridgehead atoms. The monoisotopic (exact) mass is 418 g/mol. The molecule has 0 spiro atoms. The van der Waals surface area contributed by atoms with E-state index in [2.05, 4.69) is 10.6 Å². The molecular weight excluding hydrogens is 391 g/mol. The van der Waals surface area contributed by atoms with Gasteiger partial charge in [-0.15, -0.1) is 11.8 Å². The van der Waals surface area contributed by atoms with E-state index in [0.29, 0.717) is 43.9 Å². The van der Waals surface area contributed by atoms with Gasteiger partial charge in [0.25, 0.3) is 5.91 Å². The number of hydrogen-bond donors (Lipinski definition) is 2. The maximum Gasteiger partial charge on any atom is 0.255 e. The molecule has 0 aliphatic heterocycles. The molecule has 0 radical (unpaired) electrons. The van der Waals surface area contributed by atoms with Crippen LogP contribution in [0, 0.1) is 5.82 Å². The highest BCUT2D eigenvalue weighted by molar-refractivity contribution is 7.99. The van der Waals surface area contributed by atoms with Gasteiger partial charge in [-0.1, -0.05) is 12.1 Å². The lowest BCUT2D eigenvalue weighted by atomic mass is 10.2. The first-order chi connectivity index (χ1) is 14.1. The molecule has 2 amide bonds. The van der Waals surface area contributed by atoms with Crippen LogP contribution < -0.4 is 15.4 Å². The van der Waals surface area contributed by atoms with E-state index < -0.39 is 0 Å². The van der Waals surface area contributed by atoms with Gasteiger partial charge in [-0.05, 0) is 61.9 Å². The molecule has 0 aromatic heterocycles. The van der Waals surface area contributed by atoms with Crippen LogP contribution >= 0.6 is 11.8 Å². The number of halogens is 1. The fourth-order valence-electron chi connectivity index (χ4n) is 2.59. The van der Waals surface area contributed by atoms with E-state index in [1.54, 1.807) is 42.1 Å². The number of benzene rings is 2. The van der Waals surface area contributed by atoms with Crippen molar-refractivity contribution < 1.29 is 18.7 Å². The second-order valence-electron chi connectivity index (χ2n) is 6.29. The van der Waals surface area contributed by atoms with Gasteiger partial charge < -0.3 is 15.4 Å². The lowest BCUT2D eigenvalue weighted by Crippen LogP contribution is -2.28. The minimum absolute atomic E-state index is 0.0271. The van der Waals surface area contributed by atoms with Crippen molar-refractivity contribution >= 4 is 23.6 Å². The Morgan fingerprint density at radius 3 is 2.48 bits per heavy atom. The van der Waals surface area contributed by atoms with Crippen molar-refractivity contribution in [3.8, 4) is 5.75 Å². The predicted octanol–water partition coefficient (Wildman–Crippen LogP) is 4.03. The molecule has 0 atom stereocenters. The highest BCUT2D eigenvalue weighted by atomic mass is 32.2. The first kappa shape index (κ1) is 22.7. The maximum absolute atomic E-state index is 12.8. The Balaban J connectivity index is 1.55. The van der Waals surface area contributed by atoms with Gasteiger partial charge in [0.2, 0.25) is 5.91 Å². The van der Waals surface area contributed by atoms with Gasteiger partial charge in [-0.25, -0.2) is 4.39 Å². The van der Waals surface area contributed by atoms with E-state index in [4.69, 9.17) is 4.74 Å². The Hall–Kier alpha value is -2.54. The molecule has 156 valence electrons. The summed E-state index contributed by atoms with van der Waals surface area (Å²) in [7, 11) is 0. The summed E-state index contributed by atoms with van der Waals surface area (Å²) in [6, 6.07) is 13.5. The molecule has 29 heavy (non-hydrogen) atoms. The molecule has 2 aromatic rings. The number of carbonyl (C=O) groups is 2. The molecule has 0 aliphatic carbocycles. The highest BCUT2D eigenvalue weighted by Gasteiger charge is 2.11. The zero-order valence-electron chi connectivity index (χ0n) is 16.6. The Labute approximate surface area is 175 Å². The van der Waals surface area contributed by atoms with E-state index in [9.17, 15) is 14.0 Å². The summed E-state index contributed by atoms with van der Waals surface area (Å²) in [5.41, 5.74) is 0.498. The Kier molecular flexibility index (Phi) is 10.1. The number of ether oxygens (including phenoxy) is 1. The van der Waals surface area contributed by atoms with Crippen LogP contribution in [-0.4, -0.2) is 37.3 Å². The van der Waals surface area contributed by atoms with Gasteiger partial charge in [0.05, 0.1) is 12.2 Å². The number of para-hydroxylation sites is 1. The van der Waals surface area contributed by atoms with Crippen molar-refractivity contribution in [3.05, 3.63) is 59.9 Å². The third-order valence-corrected chi connectivity index (χ3v) is 5.12. The van der Waals surface area contributed by atoms with Gasteiger partial charge >= 0.3 is 0 Å². The molecule has 5 nitrogen and oxygen atoms in total. The molecule has 0 saturated heterocycles. The third-order valence-electron chi connectivity index (χ3n) is 4.02. The molecule has 0 saturated carbocycles. The van der Waals surface area contributed by atoms with Crippen LogP contribution in [0.25, 0.3) is 0 Å². The molecule has 0 heterocycles. The Morgan fingerprint density at radius 1 is 1.00 bits per heavy atom. The fourth-order valence-corrected chi connectivity index (χ4v) is 3.44. The first-order valence-electron chi connectivity index (χ1n) is 9.75. The van der Waals surface area contributed by atoms with Crippen molar-refractivity contribution in [2.75, 3.05) is 25.4 Å². The van der Waals surface area contributed by atoms with Crippen LogP contribution in [0.3, 0.4) is 0 Å². The molecule has 2 rings (SSSR count). The topological polar surface area (TPSA) is 67.4 Å². The third kappa shape index (κ3) is 8.56. The van der Waals surface area contributed by atoms with E-state index in [1.807, 2.05) is 13.0 Å². The summed E-state index contributed by atoms with van der Waals surface area (Å²) in [5.74, 6) is 0.939. The van der Waals surface area contributed by atoms with Crippen LogP contribution in [0.1, 0.15) is 36.5 Å². The van der Waals surface area contributed by atoms with Crippen molar-refractivity contribution in [1.82, 2.24) is 10.6 Å². The summed E-state index contributed by atoms with van der Waals surface area (Å²) >= 11 is 1.63. The smallest absolute Gasteiger partial charge is 0.255 e. The fraction of sp³-hybridized carbons (Fsp3) is 0.364. The molecule has 2 N–H and O–H groups in total. The lowest BCUT2D eigenvalue weighted by Gasteiger charge is -2.10. The van der Waals surface area contributed by atoms with Gasteiger partial charge in [0.15, 0.2) is 0 Å². The van der Waals surface area contributed by atoms with E-state index >= 15 is 0 Å². The normalized spacial score (nSPS) is 10.4. The number of hydrogen-bond acceptors (Lipinski definition) is 4. The summed E-state index contributed by atoms with van der Waals surface area (Å²) in [6.45, 7) is 3.38. The largest absolute Gasteiger partial charge is 0.493 e. The number of rotatable bonds is 12. The van der Waals surface area contributed by atoms with Crippen molar-refractivity contribution in [2.24, 2.45) is 0 Å². The Morgan fingerprint density at radius 2 is 1.72 bits per heavy atom. The van der Waals surface area contributed by atoms with Crippen LogP contribution in [0.2, 0.25) is 0 Å². The second kappa shape index (κ2) is 12.8. The molecule has 0 aliphatic rings. The highest BCUT2D eigenvalue weighted by Crippen LogP contribution is 2.19. The Bertz CT molecular complexity index is 784. The zero-order chi connectivity index (χ0) is 20.9. The number of carbonyl (C=O) groups excluding carboxylic acids is 2. The quantitative estimate of drug-likeness (QED) is 0.403. The predicted molar refractivity (Wildman–Crippen MR) is 114 cm³/mol. The number of nitrogens with one attached hydrogen (secondary N) is 2. The van der Waals surface area contributed by atoms with Gasteiger partial charge in [0, 0.05) is 24.4 Å². The molecule has 2 aromatic carbocycles. The van der Waals surface area contributed by atoms with Crippen molar-refractivity contribution in [2.45, 2.75) is 31.1 Å². The number of thioether (sulfide) groups is 1. The second-order valence-corrected chi connectivity index (χ2v) is 7.46. The summed E-state index contributed by atoms with van der Waals surface area (Å²) in [5, 5.41) is 5.70. The van der Waals surface area contributed by atoms with Crippen LogP contribution in [0.5, 0.6) is 5.75 Å². The minimum Gasteiger partial charge on any atom is -0.493 e. The van der Waals surface area contributed by atoms with Gasteiger partial charge in [0.1, 0.15) is 11.6 Å². The first-order valence-corrected chi connectivity index (χ1v) is 10.7. The summed E-state index contributed by atoms with van der Waals surface area (Å²) in [6.07, 6.45) is 1.76. The van der Waals surface area contributed by atoms with Crippen molar-refractivity contribution in [1.29, 1.82) is 0 Å². The summed E-state index contributed by atoms with van der Waals surface area (Å²) < 4.78 is 18.3. The van der Waals surface area contributed by atoms with Gasteiger partial charge in [-0.3, -0.25) is 9.59 Å².